The van der Waals surface area contributed by atoms with E-state index in [0.29, 0.717) is 5.92 Å². The van der Waals surface area contributed by atoms with Gasteiger partial charge in [0.1, 0.15) is 0 Å². The molecule has 14 heavy (non-hydrogen) atoms. The third-order valence-corrected chi connectivity index (χ3v) is 2.73. The van der Waals surface area contributed by atoms with Crippen LogP contribution in [0.4, 0.5) is 13.2 Å². The van der Waals surface area contributed by atoms with Gasteiger partial charge in [-0.15, -0.1) is 0 Å². The number of hydrogen-bond acceptors (Lipinski definition) is 1. The summed E-state index contributed by atoms with van der Waals surface area (Å²) in [6.07, 6.45) is -2.66. The van der Waals surface area contributed by atoms with Gasteiger partial charge in [0, 0.05) is 12.5 Å². The van der Waals surface area contributed by atoms with Crippen molar-refractivity contribution in [2.45, 2.75) is 51.7 Å². The smallest absolute Gasteiger partial charge is 0.317 e. The summed E-state index contributed by atoms with van der Waals surface area (Å²) >= 11 is 0. The molecule has 0 aliphatic heterocycles. The van der Waals surface area contributed by atoms with Gasteiger partial charge in [0.05, 0.1) is 0 Å². The standard InChI is InChI=1S/C10H20F3N/c1-4-8(5-2)9(14-3)6-7-10(11,12)13/h8-9,14H,4-7H2,1-3H3. The van der Waals surface area contributed by atoms with Crippen molar-refractivity contribution in [2.24, 2.45) is 5.92 Å². The van der Waals surface area contributed by atoms with Crippen molar-refractivity contribution >= 4 is 0 Å². The molecule has 0 bridgehead atoms. The van der Waals surface area contributed by atoms with Crippen molar-refractivity contribution in [1.29, 1.82) is 0 Å². The van der Waals surface area contributed by atoms with E-state index in [1.54, 1.807) is 7.05 Å². The molecule has 1 nitrogen and oxygen atoms in total. The van der Waals surface area contributed by atoms with Crippen LogP contribution in [0.3, 0.4) is 0 Å². The molecule has 0 saturated heterocycles. The lowest BCUT2D eigenvalue weighted by Gasteiger charge is -2.25. The zero-order valence-electron chi connectivity index (χ0n) is 9.12. The molecule has 0 heterocycles. The van der Waals surface area contributed by atoms with E-state index >= 15 is 0 Å². The molecule has 0 aromatic carbocycles. The number of alkyl halides is 3. The summed E-state index contributed by atoms with van der Waals surface area (Å²) in [6, 6.07) is -0.00775. The molecule has 0 saturated carbocycles. The molecule has 0 rings (SSSR count). The SMILES string of the molecule is CCC(CC)C(CCC(F)(F)F)NC. The maximum atomic E-state index is 12.0. The van der Waals surface area contributed by atoms with Gasteiger partial charge in [-0.2, -0.15) is 13.2 Å². The van der Waals surface area contributed by atoms with Crippen LogP contribution in [0, 0.1) is 5.92 Å². The van der Waals surface area contributed by atoms with E-state index < -0.39 is 12.6 Å². The predicted octanol–water partition coefficient (Wildman–Crippen LogP) is 3.35. The Morgan fingerprint density at radius 1 is 1.14 bits per heavy atom. The normalized spacial score (nSPS) is 14.8. The molecule has 1 unspecified atom stereocenters. The highest BCUT2D eigenvalue weighted by atomic mass is 19.4. The first kappa shape index (κ1) is 13.8. The van der Waals surface area contributed by atoms with Crippen molar-refractivity contribution in [3.05, 3.63) is 0 Å². The Balaban J connectivity index is 4.01. The number of nitrogens with one attached hydrogen (secondary N) is 1. The molecule has 1 N–H and O–H groups in total. The van der Waals surface area contributed by atoms with Gasteiger partial charge in [-0.3, -0.25) is 0 Å². The number of rotatable bonds is 6. The van der Waals surface area contributed by atoms with E-state index in [0.717, 1.165) is 12.8 Å². The molecule has 86 valence electrons. The van der Waals surface area contributed by atoms with Crippen LogP contribution in [0.15, 0.2) is 0 Å². The Kier molecular flexibility index (Phi) is 6.16. The van der Waals surface area contributed by atoms with Gasteiger partial charge in [-0.05, 0) is 19.4 Å². The van der Waals surface area contributed by atoms with Crippen LogP contribution >= 0.6 is 0 Å². The predicted molar refractivity (Wildman–Crippen MR) is 52.2 cm³/mol. The minimum atomic E-state index is -4.03. The first-order chi connectivity index (χ1) is 6.44. The summed E-state index contributed by atoms with van der Waals surface area (Å²) in [5.41, 5.74) is 0. The Hall–Kier alpha value is -0.250. The van der Waals surface area contributed by atoms with E-state index in [9.17, 15) is 13.2 Å². The topological polar surface area (TPSA) is 12.0 Å². The van der Waals surface area contributed by atoms with Crippen LogP contribution in [-0.2, 0) is 0 Å². The zero-order valence-corrected chi connectivity index (χ0v) is 9.12. The van der Waals surface area contributed by atoms with Crippen molar-refractivity contribution in [1.82, 2.24) is 5.32 Å². The summed E-state index contributed by atoms with van der Waals surface area (Å²) in [4.78, 5) is 0. The van der Waals surface area contributed by atoms with E-state index in [1.807, 2.05) is 13.8 Å². The maximum absolute atomic E-state index is 12.0. The molecule has 0 fully saturated rings. The number of halogens is 3. The highest BCUT2D eigenvalue weighted by Crippen LogP contribution is 2.25. The van der Waals surface area contributed by atoms with E-state index in [-0.39, 0.29) is 12.5 Å². The molecule has 0 spiro atoms. The van der Waals surface area contributed by atoms with Gasteiger partial charge in [0.25, 0.3) is 0 Å². The van der Waals surface area contributed by atoms with Crippen molar-refractivity contribution in [3.63, 3.8) is 0 Å². The fraction of sp³-hybridized carbons (Fsp3) is 1.00. The second kappa shape index (κ2) is 6.27. The number of hydrogen-bond donors (Lipinski definition) is 1. The van der Waals surface area contributed by atoms with Crippen LogP contribution in [0.25, 0.3) is 0 Å². The van der Waals surface area contributed by atoms with Crippen LogP contribution in [-0.4, -0.2) is 19.3 Å². The van der Waals surface area contributed by atoms with Crippen LogP contribution < -0.4 is 5.32 Å². The fourth-order valence-electron chi connectivity index (χ4n) is 1.79. The van der Waals surface area contributed by atoms with Gasteiger partial charge in [-0.1, -0.05) is 26.7 Å². The van der Waals surface area contributed by atoms with Crippen LogP contribution in [0.5, 0.6) is 0 Å². The van der Waals surface area contributed by atoms with Gasteiger partial charge in [-0.25, -0.2) is 0 Å². The first-order valence-corrected chi connectivity index (χ1v) is 5.18. The van der Waals surface area contributed by atoms with Crippen molar-refractivity contribution < 1.29 is 13.2 Å². The minimum Gasteiger partial charge on any atom is -0.317 e. The van der Waals surface area contributed by atoms with Gasteiger partial charge >= 0.3 is 6.18 Å². The van der Waals surface area contributed by atoms with E-state index in [4.69, 9.17) is 0 Å². The average Bonchev–Trinajstić information content (AvgIpc) is 2.10. The van der Waals surface area contributed by atoms with E-state index in [1.165, 1.54) is 0 Å². The molecule has 0 aromatic rings. The maximum Gasteiger partial charge on any atom is 0.389 e. The summed E-state index contributed by atoms with van der Waals surface area (Å²) in [5, 5.41) is 2.98. The monoisotopic (exact) mass is 211 g/mol. The lowest BCUT2D eigenvalue weighted by Crippen LogP contribution is -2.34. The van der Waals surface area contributed by atoms with Crippen molar-refractivity contribution in [2.75, 3.05) is 7.05 Å². The Labute approximate surface area is 84.1 Å². The van der Waals surface area contributed by atoms with Crippen molar-refractivity contribution in [3.8, 4) is 0 Å². The second-order valence-electron chi connectivity index (χ2n) is 3.63. The summed E-state index contributed by atoms with van der Waals surface area (Å²) in [6.45, 7) is 4.04. The summed E-state index contributed by atoms with van der Waals surface area (Å²) in [7, 11) is 1.74. The molecule has 4 heteroatoms. The first-order valence-electron chi connectivity index (χ1n) is 5.18. The molecular formula is C10H20F3N. The Morgan fingerprint density at radius 3 is 1.93 bits per heavy atom. The molecule has 0 aliphatic rings. The Morgan fingerprint density at radius 2 is 1.64 bits per heavy atom. The molecule has 1 atom stereocenters. The third-order valence-electron chi connectivity index (χ3n) is 2.73. The molecule has 0 radical (unpaired) electrons. The summed E-state index contributed by atoms with van der Waals surface area (Å²) < 4.78 is 36.0. The van der Waals surface area contributed by atoms with Crippen LogP contribution in [0.2, 0.25) is 0 Å². The lowest BCUT2D eigenvalue weighted by molar-refractivity contribution is -0.137. The molecule has 0 aliphatic carbocycles. The summed E-state index contributed by atoms with van der Waals surface area (Å²) in [5.74, 6) is 0.349. The average molecular weight is 211 g/mol. The van der Waals surface area contributed by atoms with Crippen LogP contribution in [0.1, 0.15) is 39.5 Å². The molecular weight excluding hydrogens is 191 g/mol. The highest BCUT2D eigenvalue weighted by molar-refractivity contribution is 4.74. The molecule has 0 aromatic heterocycles. The minimum absolute atomic E-state index is 0.00775. The van der Waals surface area contributed by atoms with Gasteiger partial charge in [0.2, 0.25) is 0 Å². The van der Waals surface area contributed by atoms with Gasteiger partial charge in [0.15, 0.2) is 0 Å². The lowest BCUT2D eigenvalue weighted by atomic mass is 9.91. The largest absolute Gasteiger partial charge is 0.389 e. The van der Waals surface area contributed by atoms with E-state index in [2.05, 4.69) is 5.32 Å². The second-order valence-corrected chi connectivity index (χ2v) is 3.63. The highest BCUT2D eigenvalue weighted by Gasteiger charge is 2.29. The molecule has 0 amide bonds. The zero-order chi connectivity index (χ0) is 11.2. The Bertz CT molecular complexity index is 141. The third kappa shape index (κ3) is 5.47. The quantitative estimate of drug-likeness (QED) is 0.710. The van der Waals surface area contributed by atoms with Gasteiger partial charge < -0.3 is 5.32 Å². The fourth-order valence-corrected chi connectivity index (χ4v) is 1.79.